The van der Waals surface area contributed by atoms with Crippen LogP contribution in [0.15, 0.2) is 11.7 Å². The lowest BCUT2D eigenvalue weighted by Crippen LogP contribution is -2.29. The Morgan fingerprint density at radius 3 is 2.70 bits per heavy atom. The van der Waals surface area contributed by atoms with Crippen molar-refractivity contribution in [3.63, 3.8) is 0 Å². The van der Waals surface area contributed by atoms with Crippen molar-refractivity contribution in [1.82, 2.24) is 0 Å². The summed E-state index contributed by atoms with van der Waals surface area (Å²) in [5.74, 6) is 0.194. The molecule has 1 aliphatic heterocycles. The van der Waals surface area contributed by atoms with Crippen LogP contribution in [0.1, 0.15) is 13.8 Å². The van der Waals surface area contributed by atoms with Crippen LogP contribution in [-0.4, -0.2) is 19.7 Å². The molecule has 0 aromatic rings. The van der Waals surface area contributed by atoms with Crippen LogP contribution in [0.4, 0.5) is 0 Å². The Labute approximate surface area is 61.7 Å². The second-order valence-corrected chi connectivity index (χ2v) is 2.77. The minimum absolute atomic E-state index is 0.0173. The molecule has 54 valence electrons. The maximum Gasteiger partial charge on any atom is 0.185 e. The van der Waals surface area contributed by atoms with Crippen molar-refractivity contribution >= 4 is 13.6 Å². The lowest BCUT2D eigenvalue weighted by Gasteiger charge is -2.24. The van der Waals surface area contributed by atoms with Gasteiger partial charge in [-0.1, -0.05) is 6.92 Å². The fourth-order valence-electron chi connectivity index (χ4n) is 0.992. The average Bonchev–Trinajstić information content (AvgIpc) is 1.82. The third-order valence-corrected chi connectivity index (χ3v) is 1.87. The van der Waals surface area contributed by atoms with E-state index >= 15 is 0 Å². The minimum atomic E-state index is 0.0173. The second-order valence-electron chi connectivity index (χ2n) is 2.77. The summed E-state index contributed by atoms with van der Waals surface area (Å²) in [6, 6.07) is 0. The smallest absolute Gasteiger partial charge is 0.185 e. The summed E-state index contributed by atoms with van der Waals surface area (Å²) in [5, 5.41) is 0. The summed E-state index contributed by atoms with van der Waals surface area (Å²) >= 11 is 0. The van der Waals surface area contributed by atoms with Crippen LogP contribution in [-0.2, 0) is 9.53 Å². The zero-order valence-corrected chi connectivity index (χ0v) is 6.55. The van der Waals surface area contributed by atoms with Crippen molar-refractivity contribution < 1.29 is 9.53 Å². The Balaban J connectivity index is 2.79. The average molecular weight is 138 g/mol. The monoisotopic (exact) mass is 138 g/mol. The summed E-state index contributed by atoms with van der Waals surface area (Å²) in [5.41, 5.74) is 0.732. The molecule has 1 aliphatic rings. The Bertz CT molecular complexity index is 186. The molecule has 0 aromatic heterocycles. The highest BCUT2D eigenvalue weighted by Crippen LogP contribution is 2.17. The molecule has 2 unspecified atom stereocenters. The van der Waals surface area contributed by atoms with E-state index in [-0.39, 0.29) is 17.8 Å². The van der Waals surface area contributed by atoms with E-state index in [2.05, 4.69) is 0 Å². The Morgan fingerprint density at radius 2 is 2.20 bits per heavy atom. The van der Waals surface area contributed by atoms with Gasteiger partial charge in [0.2, 0.25) is 0 Å². The lowest BCUT2D eigenvalue weighted by molar-refractivity contribution is -0.122. The number of carbonyl (C=O) groups excluding carboxylic acids is 1. The van der Waals surface area contributed by atoms with Crippen LogP contribution in [0.5, 0.6) is 0 Å². The zero-order chi connectivity index (χ0) is 7.72. The maximum atomic E-state index is 11.1. The molecule has 0 amide bonds. The van der Waals surface area contributed by atoms with Crippen LogP contribution < -0.4 is 0 Å². The number of ether oxygens (including phenoxy) is 1. The van der Waals surface area contributed by atoms with Gasteiger partial charge in [-0.05, 0) is 6.92 Å². The van der Waals surface area contributed by atoms with Crippen molar-refractivity contribution in [1.29, 1.82) is 0 Å². The highest BCUT2D eigenvalue weighted by molar-refractivity contribution is 6.22. The Morgan fingerprint density at radius 1 is 1.60 bits per heavy atom. The molecule has 0 radical (unpaired) electrons. The van der Waals surface area contributed by atoms with E-state index in [0.29, 0.717) is 0 Å². The fourth-order valence-corrected chi connectivity index (χ4v) is 0.992. The number of ketones is 1. The normalized spacial score (nSPS) is 33.0. The van der Waals surface area contributed by atoms with E-state index in [1.165, 1.54) is 0 Å². The molecular weight excluding hydrogens is 127 g/mol. The highest BCUT2D eigenvalue weighted by Gasteiger charge is 2.24. The van der Waals surface area contributed by atoms with Crippen LogP contribution in [0.3, 0.4) is 0 Å². The van der Waals surface area contributed by atoms with E-state index in [9.17, 15) is 4.79 Å². The first-order valence-corrected chi connectivity index (χ1v) is 3.50. The SMILES string of the molecule is BC1=CC(=O)C(C)C(C)O1. The van der Waals surface area contributed by atoms with E-state index in [1.54, 1.807) is 13.9 Å². The van der Waals surface area contributed by atoms with Gasteiger partial charge in [0.25, 0.3) is 0 Å². The Hall–Kier alpha value is -0.725. The molecule has 0 bridgehead atoms. The van der Waals surface area contributed by atoms with Crippen LogP contribution in [0.25, 0.3) is 0 Å². The quantitative estimate of drug-likeness (QED) is 0.443. The summed E-state index contributed by atoms with van der Waals surface area (Å²) in [7, 11) is 1.81. The molecule has 2 nitrogen and oxygen atoms in total. The van der Waals surface area contributed by atoms with Gasteiger partial charge >= 0.3 is 0 Å². The maximum absolute atomic E-state index is 11.1. The van der Waals surface area contributed by atoms with Crippen LogP contribution >= 0.6 is 0 Å². The van der Waals surface area contributed by atoms with Crippen molar-refractivity contribution in [2.75, 3.05) is 0 Å². The molecule has 0 aromatic carbocycles. The van der Waals surface area contributed by atoms with Crippen molar-refractivity contribution in [3.8, 4) is 0 Å². The first-order valence-electron chi connectivity index (χ1n) is 3.50. The third-order valence-electron chi connectivity index (χ3n) is 1.87. The predicted octanol–water partition coefficient (Wildman–Crippen LogP) is 0.0848. The molecule has 10 heavy (non-hydrogen) atoms. The van der Waals surface area contributed by atoms with Crippen molar-refractivity contribution in [2.45, 2.75) is 20.0 Å². The minimum Gasteiger partial charge on any atom is -0.505 e. The molecule has 0 N–H and O–H groups in total. The molecule has 0 saturated heterocycles. The molecule has 1 heterocycles. The van der Waals surface area contributed by atoms with Gasteiger partial charge in [-0.15, -0.1) is 0 Å². The second kappa shape index (κ2) is 2.49. The molecule has 2 atom stereocenters. The first-order chi connectivity index (χ1) is 4.61. The van der Waals surface area contributed by atoms with Crippen LogP contribution in [0, 0.1) is 5.92 Å². The van der Waals surface area contributed by atoms with Crippen LogP contribution in [0.2, 0.25) is 0 Å². The lowest BCUT2D eigenvalue weighted by atomic mass is 9.93. The van der Waals surface area contributed by atoms with E-state index in [4.69, 9.17) is 4.74 Å². The highest BCUT2D eigenvalue weighted by atomic mass is 16.5. The van der Waals surface area contributed by atoms with E-state index in [0.717, 1.165) is 5.66 Å². The molecular formula is C7H11BO2. The topological polar surface area (TPSA) is 26.3 Å². The standard InChI is InChI=1S/C7H11BO2/c1-4-5(2)10-7(8)3-6(4)9/h3-5H,8H2,1-2H3. The predicted molar refractivity (Wildman–Crippen MR) is 41.3 cm³/mol. The number of allylic oxidation sites excluding steroid dienone is 1. The Kier molecular flexibility index (Phi) is 1.83. The van der Waals surface area contributed by atoms with Gasteiger partial charge in [0.1, 0.15) is 6.10 Å². The molecule has 3 heteroatoms. The van der Waals surface area contributed by atoms with Gasteiger partial charge in [-0.25, -0.2) is 0 Å². The summed E-state index contributed by atoms with van der Waals surface area (Å²) in [6.07, 6.45) is 1.60. The van der Waals surface area contributed by atoms with Gasteiger partial charge in [0.15, 0.2) is 13.6 Å². The van der Waals surface area contributed by atoms with E-state index < -0.39 is 0 Å². The molecule has 0 aliphatic carbocycles. The van der Waals surface area contributed by atoms with Gasteiger partial charge in [-0.2, -0.15) is 0 Å². The van der Waals surface area contributed by atoms with Gasteiger partial charge in [0, 0.05) is 6.08 Å². The van der Waals surface area contributed by atoms with Crippen molar-refractivity contribution in [3.05, 3.63) is 11.7 Å². The van der Waals surface area contributed by atoms with Gasteiger partial charge in [0.05, 0.1) is 11.6 Å². The molecule has 0 saturated carbocycles. The first kappa shape index (κ1) is 7.38. The van der Waals surface area contributed by atoms with E-state index in [1.807, 2.05) is 13.8 Å². The zero-order valence-electron chi connectivity index (χ0n) is 6.55. The number of carbonyl (C=O) groups is 1. The van der Waals surface area contributed by atoms with Gasteiger partial charge in [-0.3, -0.25) is 4.79 Å². The largest absolute Gasteiger partial charge is 0.505 e. The summed E-state index contributed by atoms with van der Waals surface area (Å²) in [6.45, 7) is 3.80. The third kappa shape index (κ3) is 1.23. The summed E-state index contributed by atoms with van der Waals surface area (Å²) in [4.78, 5) is 11.1. The number of hydrogen-bond acceptors (Lipinski definition) is 2. The van der Waals surface area contributed by atoms with Gasteiger partial charge < -0.3 is 4.74 Å². The molecule has 0 fully saturated rings. The number of hydrogen-bond donors (Lipinski definition) is 0. The number of rotatable bonds is 0. The summed E-state index contributed by atoms with van der Waals surface area (Å²) < 4.78 is 5.31. The molecule has 0 spiro atoms. The fraction of sp³-hybridized carbons (Fsp3) is 0.571. The molecule has 1 rings (SSSR count). The van der Waals surface area contributed by atoms with Crippen molar-refractivity contribution in [2.24, 2.45) is 5.92 Å².